The summed E-state index contributed by atoms with van der Waals surface area (Å²) in [5, 5.41) is 0.392. The van der Waals surface area contributed by atoms with Crippen molar-refractivity contribution in [3.8, 4) is 11.8 Å². The van der Waals surface area contributed by atoms with E-state index >= 15 is 0 Å². The lowest BCUT2D eigenvalue weighted by Crippen LogP contribution is -2.15. The van der Waals surface area contributed by atoms with Crippen LogP contribution in [0.2, 0.25) is 5.02 Å². The molecule has 0 atom stereocenters. The molecule has 0 radical (unpaired) electrons. The van der Waals surface area contributed by atoms with E-state index in [1.807, 2.05) is 12.1 Å². The van der Waals surface area contributed by atoms with Gasteiger partial charge in [0.25, 0.3) is 0 Å². The van der Waals surface area contributed by atoms with E-state index in [0.717, 1.165) is 23.8 Å². The second-order valence-corrected chi connectivity index (χ2v) is 9.28. The molecule has 3 rings (SSSR count). The molecule has 0 nitrogen and oxygen atoms in total. The van der Waals surface area contributed by atoms with Crippen molar-refractivity contribution < 1.29 is 4.39 Å². The van der Waals surface area contributed by atoms with E-state index < -0.39 is 0 Å². The van der Waals surface area contributed by atoms with Crippen LogP contribution in [0, 0.1) is 29.5 Å². The lowest BCUT2D eigenvalue weighted by Gasteiger charge is -2.28. The average Bonchev–Trinajstić information content (AvgIpc) is 2.76. The van der Waals surface area contributed by atoms with Crippen molar-refractivity contribution in [1.29, 1.82) is 0 Å². The van der Waals surface area contributed by atoms with Gasteiger partial charge in [-0.25, -0.2) is 4.39 Å². The van der Waals surface area contributed by atoms with Gasteiger partial charge < -0.3 is 0 Å². The highest BCUT2D eigenvalue weighted by molar-refractivity contribution is 6.30. The predicted molar refractivity (Wildman–Crippen MR) is 126 cm³/mol. The summed E-state index contributed by atoms with van der Waals surface area (Å²) in [7, 11) is 0. The maximum absolute atomic E-state index is 13.8. The normalized spacial score (nSPS) is 18.6. The molecule has 2 aromatic rings. The van der Waals surface area contributed by atoms with Crippen LogP contribution in [-0.4, -0.2) is 0 Å². The molecule has 160 valence electrons. The monoisotopic (exact) mass is 424 g/mol. The number of benzene rings is 2. The molecule has 30 heavy (non-hydrogen) atoms. The zero-order valence-corrected chi connectivity index (χ0v) is 19.0. The van der Waals surface area contributed by atoms with Gasteiger partial charge in [-0.1, -0.05) is 100 Å². The van der Waals surface area contributed by atoms with Gasteiger partial charge in [-0.3, -0.25) is 0 Å². The van der Waals surface area contributed by atoms with Crippen molar-refractivity contribution in [1.82, 2.24) is 0 Å². The molecule has 0 N–H and O–H groups in total. The highest BCUT2D eigenvalue weighted by atomic mass is 35.5. The Morgan fingerprint density at radius 3 is 2.23 bits per heavy atom. The molecule has 0 aliphatic heterocycles. The standard InChI is InChI=1S/C28H34ClF/c1-2-3-4-5-6-22-7-9-23(10-8-22)11-12-24-13-15-25(16-14-24)17-18-26-19-20-27(29)21-28(26)30/h13-16,19-23H,2-12H2,1H3. The van der Waals surface area contributed by atoms with Crippen LogP contribution < -0.4 is 0 Å². The molecule has 0 unspecified atom stereocenters. The van der Waals surface area contributed by atoms with Crippen LogP contribution in [0.4, 0.5) is 4.39 Å². The zero-order chi connectivity index (χ0) is 21.2. The lowest BCUT2D eigenvalue weighted by molar-refractivity contribution is 0.249. The Bertz CT molecular complexity index is 835. The van der Waals surface area contributed by atoms with E-state index in [1.54, 1.807) is 12.1 Å². The number of hydrogen-bond acceptors (Lipinski definition) is 0. The first kappa shape index (κ1) is 22.9. The van der Waals surface area contributed by atoms with Gasteiger partial charge in [0.1, 0.15) is 5.82 Å². The lowest BCUT2D eigenvalue weighted by atomic mass is 9.77. The zero-order valence-electron chi connectivity index (χ0n) is 18.2. The summed E-state index contributed by atoms with van der Waals surface area (Å²) in [6.45, 7) is 2.29. The van der Waals surface area contributed by atoms with Crippen LogP contribution in [0.1, 0.15) is 87.8 Å². The fourth-order valence-corrected chi connectivity index (χ4v) is 4.68. The van der Waals surface area contributed by atoms with Gasteiger partial charge >= 0.3 is 0 Å². The van der Waals surface area contributed by atoms with Crippen molar-refractivity contribution in [2.75, 3.05) is 0 Å². The highest BCUT2D eigenvalue weighted by Gasteiger charge is 2.20. The van der Waals surface area contributed by atoms with E-state index in [0.29, 0.717) is 10.6 Å². The first-order chi connectivity index (χ1) is 14.6. The summed E-state index contributed by atoms with van der Waals surface area (Å²) < 4.78 is 13.8. The molecule has 1 aliphatic rings. The fraction of sp³-hybridized carbons (Fsp3) is 0.500. The third-order valence-corrected chi connectivity index (χ3v) is 6.74. The number of rotatable bonds is 8. The fourth-order valence-electron chi connectivity index (χ4n) is 4.52. The van der Waals surface area contributed by atoms with Gasteiger partial charge in [0.15, 0.2) is 0 Å². The third-order valence-electron chi connectivity index (χ3n) is 6.50. The Kier molecular flexibility index (Phi) is 9.28. The maximum atomic E-state index is 13.8. The van der Waals surface area contributed by atoms with Gasteiger partial charge in [0, 0.05) is 10.6 Å². The minimum absolute atomic E-state index is 0.373. The van der Waals surface area contributed by atoms with Gasteiger partial charge in [-0.05, 0) is 60.6 Å². The first-order valence-electron chi connectivity index (χ1n) is 11.7. The van der Waals surface area contributed by atoms with Gasteiger partial charge in [0.2, 0.25) is 0 Å². The molecule has 1 aliphatic carbocycles. The van der Waals surface area contributed by atoms with Gasteiger partial charge in [0.05, 0.1) is 5.56 Å². The molecule has 0 heterocycles. The second-order valence-electron chi connectivity index (χ2n) is 8.85. The Morgan fingerprint density at radius 2 is 1.57 bits per heavy atom. The molecule has 2 aromatic carbocycles. The van der Waals surface area contributed by atoms with Crippen molar-refractivity contribution in [2.45, 2.75) is 77.6 Å². The summed E-state index contributed by atoms with van der Waals surface area (Å²) in [4.78, 5) is 0. The van der Waals surface area contributed by atoms with E-state index in [-0.39, 0.29) is 5.82 Å². The van der Waals surface area contributed by atoms with Crippen molar-refractivity contribution in [2.24, 2.45) is 11.8 Å². The number of unbranched alkanes of at least 4 members (excludes halogenated alkanes) is 3. The smallest absolute Gasteiger partial charge is 0.140 e. The SMILES string of the molecule is CCCCCCC1CCC(CCc2ccc(C#Cc3ccc(Cl)cc3F)cc2)CC1. The van der Waals surface area contributed by atoms with Crippen LogP contribution in [-0.2, 0) is 6.42 Å². The van der Waals surface area contributed by atoms with Gasteiger partial charge in [-0.15, -0.1) is 0 Å². The average molecular weight is 425 g/mol. The van der Waals surface area contributed by atoms with Crippen LogP contribution in [0.25, 0.3) is 0 Å². The van der Waals surface area contributed by atoms with Crippen LogP contribution >= 0.6 is 11.6 Å². The summed E-state index contributed by atoms with van der Waals surface area (Å²) in [6.07, 6.45) is 15.2. The molecule has 0 amide bonds. The highest BCUT2D eigenvalue weighted by Crippen LogP contribution is 2.34. The minimum Gasteiger partial charge on any atom is -0.206 e. The Balaban J connectivity index is 1.41. The number of aryl methyl sites for hydroxylation is 1. The Morgan fingerprint density at radius 1 is 0.867 bits per heavy atom. The first-order valence-corrected chi connectivity index (χ1v) is 12.1. The Hall–Kier alpha value is -1.78. The third kappa shape index (κ3) is 7.48. The van der Waals surface area contributed by atoms with Crippen LogP contribution in [0.15, 0.2) is 42.5 Å². The molecule has 0 spiro atoms. The van der Waals surface area contributed by atoms with Crippen molar-refractivity contribution >= 4 is 11.6 Å². The summed E-state index contributed by atoms with van der Waals surface area (Å²) in [6, 6.07) is 13.0. The minimum atomic E-state index is -0.373. The molecule has 1 saturated carbocycles. The van der Waals surface area contributed by atoms with E-state index in [9.17, 15) is 4.39 Å². The second kappa shape index (κ2) is 12.2. The van der Waals surface area contributed by atoms with Crippen molar-refractivity contribution in [3.63, 3.8) is 0 Å². The van der Waals surface area contributed by atoms with E-state index in [2.05, 4.69) is 30.9 Å². The quantitative estimate of drug-likeness (QED) is 0.294. The van der Waals surface area contributed by atoms with Crippen molar-refractivity contribution in [3.05, 3.63) is 70.0 Å². The predicted octanol–water partition coefficient (Wildman–Crippen LogP) is 8.59. The Labute approximate surface area is 187 Å². The molecule has 0 aromatic heterocycles. The van der Waals surface area contributed by atoms with Gasteiger partial charge in [-0.2, -0.15) is 0 Å². The van der Waals surface area contributed by atoms with E-state index in [4.69, 9.17) is 11.6 Å². The summed E-state index contributed by atoms with van der Waals surface area (Å²) in [5.74, 6) is 7.46. The summed E-state index contributed by atoms with van der Waals surface area (Å²) >= 11 is 5.79. The number of hydrogen-bond donors (Lipinski definition) is 0. The number of halogens is 2. The molecular weight excluding hydrogens is 391 g/mol. The summed E-state index contributed by atoms with van der Waals surface area (Å²) in [5.41, 5.74) is 2.67. The topological polar surface area (TPSA) is 0 Å². The molecule has 0 saturated heterocycles. The van der Waals surface area contributed by atoms with Crippen LogP contribution in [0.3, 0.4) is 0 Å². The van der Waals surface area contributed by atoms with Crippen LogP contribution in [0.5, 0.6) is 0 Å². The molecular formula is C28H34ClF. The molecule has 2 heteroatoms. The maximum Gasteiger partial charge on any atom is 0.140 e. The molecule has 0 bridgehead atoms. The largest absolute Gasteiger partial charge is 0.206 e. The van der Waals surface area contributed by atoms with E-state index in [1.165, 1.54) is 75.8 Å². The molecule has 1 fully saturated rings.